The van der Waals surface area contributed by atoms with Crippen LogP contribution in [0.25, 0.3) is 0 Å². The summed E-state index contributed by atoms with van der Waals surface area (Å²) in [5.41, 5.74) is 0. The number of nitrogens with zero attached hydrogens (tertiary/aromatic N) is 3. The Hall–Kier alpha value is -1.40. The molecular formula is C22H37ClN4O2. The van der Waals surface area contributed by atoms with Gasteiger partial charge in [0, 0.05) is 25.6 Å². The van der Waals surface area contributed by atoms with Gasteiger partial charge in [0.1, 0.15) is 11.0 Å². The molecule has 1 aromatic rings. The third-order valence-corrected chi connectivity index (χ3v) is 5.47. The van der Waals surface area contributed by atoms with Gasteiger partial charge in [0.25, 0.3) is 0 Å². The predicted octanol–water partition coefficient (Wildman–Crippen LogP) is 5.61. The van der Waals surface area contributed by atoms with Crippen molar-refractivity contribution in [1.29, 1.82) is 0 Å². The molecule has 0 atom stereocenters. The molecule has 0 unspecified atom stereocenters. The number of carbonyl (C=O) groups excluding carboxylic acids is 1. The minimum atomic E-state index is -0.0453. The normalized spacial score (nSPS) is 14.2. The van der Waals surface area contributed by atoms with Crippen LogP contribution in [-0.2, 0) is 9.53 Å². The highest BCUT2D eigenvalue weighted by atomic mass is 35.5. The zero-order valence-corrected chi connectivity index (χ0v) is 18.7. The predicted molar refractivity (Wildman–Crippen MR) is 120 cm³/mol. The van der Waals surface area contributed by atoms with Crippen molar-refractivity contribution in [2.75, 3.05) is 36.5 Å². The summed E-state index contributed by atoms with van der Waals surface area (Å²) in [4.78, 5) is 22.9. The minimum absolute atomic E-state index is 0.0453. The molecule has 164 valence electrons. The maximum Gasteiger partial charge on any atom is 0.232 e. The summed E-state index contributed by atoms with van der Waals surface area (Å²) in [7, 11) is 0. The summed E-state index contributed by atoms with van der Waals surface area (Å²) in [6, 6.07) is 1.73. The van der Waals surface area contributed by atoms with E-state index in [9.17, 15) is 4.79 Å². The van der Waals surface area contributed by atoms with Crippen LogP contribution in [0.15, 0.2) is 6.07 Å². The van der Waals surface area contributed by atoms with Crippen molar-refractivity contribution in [2.45, 2.75) is 84.0 Å². The first-order valence-corrected chi connectivity index (χ1v) is 11.7. The van der Waals surface area contributed by atoms with E-state index in [1.807, 2.05) is 0 Å². The second kappa shape index (κ2) is 14.6. The van der Waals surface area contributed by atoms with Gasteiger partial charge in [-0.05, 0) is 6.42 Å². The van der Waals surface area contributed by atoms with Gasteiger partial charge in [-0.2, -0.15) is 4.98 Å². The zero-order valence-electron chi connectivity index (χ0n) is 17.9. The molecule has 1 aromatic heterocycles. The lowest BCUT2D eigenvalue weighted by molar-refractivity contribution is -0.116. The number of aromatic nitrogens is 2. The number of ether oxygens (including phenoxy) is 1. The molecule has 29 heavy (non-hydrogen) atoms. The molecule has 1 amide bonds. The Kier molecular flexibility index (Phi) is 12.0. The fraction of sp³-hybridized carbons (Fsp3) is 0.773. The molecule has 2 heterocycles. The van der Waals surface area contributed by atoms with Crippen LogP contribution < -0.4 is 10.2 Å². The molecule has 7 heteroatoms. The molecule has 0 aromatic carbocycles. The van der Waals surface area contributed by atoms with E-state index in [2.05, 4.69) is 27.1 Å². The van der Waals surface area contributed by atoms with E-state index in [-0.39, 0.29) is 11.9 Å². The Labute approximate surface area is 180 Å². The molecule has 0 radical (unpaired) electrons. The van der Waals surface area contributed by atoms with E-state index < -0.39 is 0 Å². The standard InChI is InChI=1S/C22H37ClN4O2/c1-2-3-4-5-6-7-8-9-10-11-12-13-21(28)26-22-24-19(23)18-20(25-22)27-14-16-29-17-15-27/h18H,2-17H2,1H3,(H,24,25,26,28). The Morgan fingerprint density at radius 1 is 1.00 bits per heavy atom. The lowest BCUT2D eigenvalue weighted by Crippen LogP contribution is -2.37. The Morgan fingerprint density at radius 2 is 1.59 bits per heavy atom. The first-order valence-electron chi connectivity index (χ1n) is 11.4. The zero-order chi connectivity index (χ0) is 20.7. The van der Waals surface area contributed by atoms with Crippen LogP contribution in [0, 0.1) is 0 Å². The van der Waals surface area contributed by atoms with Crippen molar-refractivity contribution in [1.82, 2.24) is 9.97 Å². The summed E-state index contributed by atoms with van der Waals surface area (Å²) in [6.07, 6.45) is 14.5. The number of hydrogen-bond donors (Lipinski definition) is 1. The van der Waals surface area contributed by atoms with Gasteiger partial charge in [0.05, 0.1) is 13.2 Å². The minimum Gasteiger partial charge on any atom is -0.378 e. The van der Waals surface area contributed by atoms with E-state index >= 15 is 0 Å². The molecule has 1 aliphatic rings. The number of rotatable bonds is 14. The van der Waals surface area contributed by atoms with E-state index in [1.54, 1.807) is 6.07 Å². The third-order valence-electron chi connectivity index (χ3n) is 5.28. The fourth-order valence-corrected chi connectivity index (χ4v) is 3.73. The molecule has 0 aliphatic carbocycles. The second-order valence-electron chi connectivity index (χ2n) is 7.81. The molecule has 6 nitrogen and oxygen atoms in total. The summed E-state index contributed by atoms with van der Waals surface area (Å²) in [5, 5.41) is 3.13. The van der Waals surface area contributed by atoms with Crippen molar-refractivity contribution in [3.63, 3.8) is 0 Å². The van der Waals surface area contributed by atoms with Gasteiger partial charge in [-0.25, -0.2) is 4.98 Å². The van der Waals surface area contributed by atoms with E-state index in [0.717, 1.165) is 31.7 Å². The van der Waals surface area contributed by atoms with Crippen LogP contribution in [0.5, 0.6) is 0 Å². The van der Waals surface area contributed by atoms with Gasteiger partial charge in [0.15, 0.2) is 0 Å². The molecule has 1 aliphatic heterocycles. The monoisotopic (exact) mass is 424 g/mol. The van der Waals surface area contributed by atoms with Crippen molar-refractivity contribution in [3.05, 3.63) is 11.2 Å². The highest BCUT2D eigenvalue weighted by Gasteiger charge is 2.15. The van der Waals surface area contributed by atoms with Gasteiger partial charge in [0.2, 0.25) is 11.9 Å². The fourth-order valence-electron chi connectivity index (χ4n) is 3.55. The van der Waals surface area contributed by atoms with Crippen molar-refractivity contribution in [2.24, 2.45) is 0 Å². The highest BCUT2D eigenvalue weighted by molar-refractivity contribution is 6.29. The average Bonchev–Trinajstić information content (AvgIpc) is 2.72. The quantitative estimate of drug-likeness (QED) is 0.310. The number of nitrogens with one attached hydrogen (secondary N) is 1. The van der Waals surface area contributed by atoms with Gasteiger partial charge in [-0.3, -0.25) is 10.1 Å². The second-order valence-corrected chi connectivity index (χ2v) is 8.19. The number of unbranched alkanes of at least 4 members (excludes halogenated alkanes) is 10. The lowest BCUT2D eigenvalue weighted by atomic mass is 10.1. The SMILES string of the molecule is CCCCCCCCCCCCCC(=O)Nc1nc(Cl)cc(N2CCOCC2)n1. The van der Waals surface area contributed by atoms with Crippen LogP contribution in [0.3, 0.4) is 0 Å². The van der Waals surface area contributed by atoms with Crippen LogP contribution in [0.4, 0.5) is 11.8 Å². The molecule has 0 bridgehead atoms. The van der Waals surface area contributed by atoms with Gasteiger partial charge >= 0.3 is 0 Å². The number of carbonyl (C=O) groups is 1. The van der Waals surface area contributed by atoms with Crippen molar-refractivity contribution in [3.8, 4) is 0 Å². The van der Waals surface area contributed by atoms with Crippen molar-refractivity contribution < 1.29 is 9.53 Å². The number of hydrogen-bond acceptors (Lipinski definition) is 5. The first kappa shape index (κ1) is 23.9. The Balaban J connectivity index is 1.58. The molecule has 1 saturated heterocycles. The Bertz CT molecular complexity index is 594. The smallest absolute Gasteiger partial charge is 0.232 e. The maximum atomic E-state index is 12.2. The van der Waals surface area contributed by atoms with Gasteiger partial charge in [-0.15, -0.1) is 0 Å². The lowest BCUT2D eigenvalue weighted by Gasteiger charge is -2.27. The van der Waals surface area contributed by atoms with Crippen LogP contribution in [-0.4, -0.2) is 42.2 Å². The molecule has 1 fully saturated rings. The van der Waals surface area contributed by atoms with E-state index in [1.165, 1.54) is 57.8 Å². The van der Waals surface area contributed by atoms with Crippen LogP contribution in [0.2, 0.25) is 5.15 Å². The van der Waals surface area contributed by atoms with E-state index in [4.69, 9.17) is 16.3 Å². The van der Waals surface area contributed by atoms with Crippen molar-refractivity contribution >= 4 is 29.3 Å². The molecular weight excluding hydrogens is 388 g/mol. The summed E-state index contributed by atoms with van der Waals surface area (Å²) in [6.45, 7) is 5.12. The summed E-state index contributed by atoms with van der Waals surface area (Å²) >= 11 is 6.11. The summed E-state index contributed by atoms with van der Waals surface area (Å²) in [5.74, 6) is 0.974. The van der Waals surface area contributed by atoms with Crippen LogP contribution in [0.1, 0.15) is 84.0 Å². The summed E-state index contributed by atoms with van der Waals surface area (Å²) < 4.78 is 5.36. The number of halogens is 1. The molecule has 2 rings (SSSR count). The van der Waals surface area contributed by atoms with Gasteiger partial charge in [-0.1, -0.05) is 82.7 Å². The maximum absolute atomic E-state index is 12.2. The average molecular weight is 425 g/mol. The van der Waals surface area contributed by atoms with Crippen LogP contribution >= 0.6 is 11.6 Å². The first-order chi connectivity index (χ1) is 14.2. The highest BCUT2D eigenvalue weighted by Crippen LogP contribution is 2.19. The Morgan fingerprint density at radius 3 is 2.21 bits per heavy atom. The van der Waals surface area contributed by atoms with Gasteiger partial charge < -0.3 is 9.64 Å². The van der Waals surface area contributed by atoms with E-state index in [0.29, 0.717) is 24.8 Å². The number of morpholine rings is 1. The molecule has 1 N–H and O–H groups in total. The molecule has 0 spiro atoms. The number of amides is 1. The largest absolute Gasteiger partial charge is 0.378 e. The molecule has 0 saturated carbocycles. The number of anilines is 2. The topological polar surface area (TPSA) is 67.4 Å². The third kappa shape index (κ3) is 10.3.